The van der Waals surface area contributed by atoms with Gasteiger partial charge in [0, 0.05) is 22.7 Å². The molecule has 6 heteroatoms. The topological polar surface area (TPSA) is 29.9 Å². The van der Waals surface area contributed by atoms with Gasteiger partial charge in [0.05, 0.1) is 21.4 Å². The number of nitrogens with zero attached hydrogens (tertiary/aromatic N) is 2. The number of nitrogens with one attached hydrogen (secondary N) is 1. The summed E-state index contributed by atoms with van der Waals surface area (Å²) >= 11 is 18.5. The highest BCUT2D eigenvalue weighted by Crippen LogP contribution is 2.39. The quantitative estimate of drug-likeness (QED) is 0.653. The van der Waals surface area contributed by atoms with Gasteiger partial charge in [-0.15, -0.1) is 0 Å². The summed E-state index contributed by atoms with van der Waals surface area (Å²) in [7, 11) is 0. The lowest BCUT2D eigenvalue weighted by molar-refractivity contribution is 0.882. The minimum Gasteiger partial charge on any atom is -0.369 e. The number of hydrogen-bond acceptors (Lipinski definition) is 2. The molecule has 2 aromatic carbocycles. The number of anilines is 1. The molecule has 3 aromatic rings. The van der Waals surface area contributed by atoms with Gasteiger partial charge in [-0.2, -0.15) is 5.10 Å². The van der Waals surface area contributed by atoms with Gasteiger partial charge in [-0.1, -0.05) is 46.9 Å². The molecule has 4 rings (SSSR count). The van der Waals surface area contributed by atoms with Gasteiger partial charge >= 0.3 is 0 Å². The molecule has 0 spiro atoms. The van der Waals surface area contributed by atoms with Crippen molar-refractivity contribution in [3.63, 3.8) is 0 Å². The second-order valence-corrected chi connectivity index (χ2v) is 6.56. The van der Waals surface area contributed by atoms with Crippen LogP contribution >= 0.6 is 34.8 Å². The molecule has 3 nitrogen and oxygen atoms in total. The predicted octanol–water partition coefficient (Wildman–Crippen LogP) is 5.47. The van der Waals surface area contributed by atoms with Gasteiger partial charge in [0.25, 0.3) is 0 Å². The van der Waals surface area contributed by atoms with Crippen LogP contribution in [0.1, 0.15) is 5.56 Å². The molecule has 23 heavy (non-hydrogen) atoms. The third-order valence-corrected chi connectivity index (χ3v) is 5.00. The van der Waals surface area contributed by atoms with Gasteiger partial charge in [0.15, 0.2) is 0 Å². The first kappa shape index (κ1) is 14.9. The fourth-order valence-corrected chi connectivity index (χ4v) is 3.36. The molecule has 0 amide bonds. The van der Waals surface area contributed by atoms with Crippen molar-refractivity contribution in [2.24, 2.45) is 0 Å². The number of fused-ring (bicyclic) bond motifs is 1. The third kappa shape index (κ3) is 2.49. The van der Waals surface area contributed by atoms with Gasteiger partial charge in [0.2, 0.25) is 0 Å². The highest BCUT2D eigenvalue weighted by molar-refractivity contribution is 6.43. The third-order valence-electron chi connectivity index (χ3n) is 3.93. The molecule has 2 heterocycles. The second-order valence-electron chi connectivity index (χ2n) is 5.34. The lowest BCUT2D eigenvalue weighted by Crippen LogP contribution is -2.04. The Kier molecular flexibility index (Phi) is 3.72. The van der Waals surface area contributed by atoms with Crippen molar-refractivity contribution < 1.29 is 0 Å². The van der Waals surface area contributed by atoms with E-state index in [1.165, 1.54) is 0 Å². The lowest BCUT2D eigenvalue weighted by Gasteiger charge is -2.07. The monoisotopic (exact) mass is 363 g/mol. The molecule has 0 bridgehead atoms. The van der Waals surface area contributed by atoms with Crippen LogP contribution in [0.2, 0.25) is 15.1 Å². The van der Waals surface area contributed by atoms with E-state index in [0.717, 1.165) is 41.3 Å². The predicted molar refractivity (Wildman–Crippen MR) is 96.2 cm³/mol. The van der Waals surface area contributed by atoms with Gasteiger partial charge in [0.1, 0.15) is 5.82 Å². The number of halogens is 3. The van der Waals surface area contributed by atoms with Crippen molar-refractivity contribution in [2.75, 3.05) is 11.9 Å². The van der Waals surface area contributed by atoms with E-state index >= 15 is 0 Å². The minimum atomic E-state index is 0.532. The molecule has 1 N–H and O–H groups in total. The molecule has 116 valence electrons. The van der Waals surface area contributed by atoms with E-state index in [1.54, 1.807) is 6.07 Å². The maximum atomic E-state index is 6.39. The van der Waals surface area contributed by atoms with E-state index in [0.29, 0.717) is 15.1 Å². The summed E-state index contributed by atoms with van der Waals surface area (Å²) in [6, 6.07) is 13.2. The van der Waals surface area contributed by atoms with Crippen LogP contribution in [0.5, 0.6) is 0 Å². The number of aromatic nitrogens is 2. The summed E-state index contributed by atoms with van der Waals surface area (Å²) in [5.74, 6) is 0.998. The zero-order valence-electron chi connectivity index (χ0n) is 12.0. The maximum Gasteiger partial charge on any atom is 0.133 e. The smallest absolute Gasteiger partial charge is 0.133 e. The van der Waals surface area contributed by atoms with E-state index in [-0.39, 0.29) is 0 Å². The molecule has 1 aliphatic rings. The van der Waals surface area contributed by atoms with Crippen LogP contribution in [0.4, 0.5) is 5.82 Å². The van der Waals surface area contributed by atoms with Gasteiger partial charge in [-0.3, -0.25) is 0 Å². The Hall–Kier alpha value is -1.68. The van der Waals surface area contributed by atoms with Crippen LogP contribution in [0.3, 0.4) is 0 Å². The molecule has 0 atom stereocenters. The zero-order chi connectivity index (χ0) is 16.0. The largest absolute Gasteiger partial charge is 0.369 e. The van der Waals surface area contributed by atoms with Crippen molar-refractivity contribution >= 4 is 40.6 Å². The first-order valence-electron chi connectivity index (χ1n) is 7.21. The lowest BCUT2D eigenvalue weighted by atomic mass is 10.1. The summed E-state index contributed by atoms with van der Waals surface area (Å²) in [6.07, 6.45) is 0.904. The Bertz CT molecular complexity index is 885. The molecule has 0 radical (unpaired) electrons. The summed E-state index contributed by atoms with van der Waals surface area (Å²) in [5.41, 5.74) is 3.83. The van der Waals surface area contributed by atoms with Gasteiger partial charge < -0.3 is 5.32 Å². The molecule has 0 unspecified atom stereocenters. The molecule has 1 aromatic heterocycles. The molecule has 0 saturated carbocycles. The number of hydrogen-bond donors (Lipinski definition) is 1. The summed E-state index contributed by atoms with van der Waals surface area (Å²) < 4.78 is 1.89. The van der Waals surface area contributed by atoms with Crippen molar-refractivity contribution in [3.05, 3.63) is 63.1 Å². The Labute approximate surface area is 148 Å². The number of rotatable bonds is 2. The minimum absolute atomic E-state index is 0.532. The van der Waals surface area contributed by atoms with E-state index in [2.05, 4.69) is 5.32 Å². The second kappa shape index (κ2) is 5.75. The fourth-order valence-electron chi connectivity index (χ4n) is 2.85. The average molecular weight is 365 g/mol. The van der Waals surface area contributed by atoms with E-state index in [9.17, 15) is 0 Å². The van der Waals surface area contributed by atoms with Gasteiger partial charge in [-0.05, 0) is 36.8 Å². The molecule has 1 aliphatic heterocycles. The normalized spacial score (nSPS) is 13.0. The van der Waals surface area contributed by atoms with Crippen LogP contribution in [0, 0.1) is 0 Å². The van der Waals surface area contributed by atoms with Crippen molar-refractivity contribution in [2.45, 2.75) is 6.42 Å². The molecule has 0 aliphatic carbocycles. The average Bonchev–Trinajstić information content (AvgIpc) is 3.14. The standard InChI is InChI=1S/C17H12Cl3N3/c18-10-4-6-11(7-5-10)23-17-13(8-9-21-17)16(22-23)12-2-1-3-14(19)15(12)20/h1-7,21H,8-9H2. The first-order valence-corrected chi connectivity index (χ1v) is 8.34. The van der Waals surface area contributed by atoms with Crippen molar-refractivity contribution in [1.29, 1.82) is 0 Å². The Balaban J connectivity index is 1.91. The Morgan fingerprint density at radius 3 is 2.57 bits per heavy atom. The highest BCUT2D eigenvalue weighted by atomic mass is 35.5. The Morgan fingerprint density at radius 2 is 1.78 bits per heavy atom. The summed E-state index contributed by atoms with van der Waals surface area (Å²) in [6.45, 7) is 0.881. The van der Waals surface area contributed by atoms with E-state index in [1.807, 2.05) is 41.1 Å². The summed E-state index contributed by atoms with van der Waals surface area (Å²) in [5, 5.41) is 9.93. The van der Waals surface area contributed by atoms with Crippen molar-refractivity contribution in [3.8, 4) is 16.9 Å². The van der Waals surface area contributed by atoms with Crippen LogP contribution in [-0.4, -0.2) is 16.3 Å². The fraction of sp³-hybridized carbons (Fsp3) is 0.118. The zero-order valence-corrected chi connectivity index (χ0v) is 14.3. The van der Waals surface area contributed by atoms with Gasteiger partial charge in [-0.25, -0.2) is 4.68 Å². The van der Waals surface area contributed by atoms with E-state index < -0.39 is 0 Å². The van der Waals surface area contributed by atoms with Crippen molar-refractivity contribution in [1.82, 2.24) is 9.78 Å². The van der Waals surface area contributed by atoms with Crippen LogP contribution in [-0.2, 0) is 6.42 Å². The molecular weight excluding hydrogens is 353 g/mol. The molecule has 0 saturated heterocycles. The van der Waals surface area contributed by atoms with Crippen LogP contribution in [0.25, 0.3) is 16.9 Å². The number of benzene rings is 2. The van der Waals surface area contributed by atoms with Crippen LogP contribution in [0.15, 0.2) is 42.5 Å². The summed E-state index contributed by atoms with van der Waals surface area (Å²) in [4.78, 5) is 0. The molecule has 0 fully saturated rings. The first-order chi connectivity index (χ1) is 11.1. The SMILES string of the molecule is Clc1ccc(-n2nc(-c3cccc(Cl)c3Cl)c3c2NCC3)cc1. The highest BCUT2D eigenvalue weighted by Gasteiger charge is 2.25. The maximum absolute atomic E-state index is 6.39. The Morgan fingerprint density at radius 1 is 1.00 bits per heavy atom. The molecular formula is C17H12Cl3N3. The van der Waals surface area contributed by atoms with E-state index in [4.69, 9.17) is 39.9 Å². The van der Waals surface area contributed by atoms with Crippen LogP contribution < -0.4 is 5.32 Å².